The fourth-order valence-electron chi connectivity index (χ4n) is 5.20. The van der Waals surface area contributed by atoms with Gasteiger partial charge >= 0.3 is 6.09 Å². The fourth-order valence-corrected chi connectivity index (χ4v) is 5.20. The van der Waals surface area contributed by atoms with Crippen LogP contribution in [0.4, 0.5) is 4.79 Å². The highest BCUT2D eigenvalue weighted by Crippen LogP contribution is 2.36. The van der Waals surface area contributed by atoms with Crippen LogP contribution in [0.1, 0.15) is 81.0 Å². The molecule has 2 aliphatic rings. The number of hydrogen-bond acceptors (Lipinski definition) is 4. The summed E-state index contributed by atoms with van der Waals surface area (Å²) in [6.45, 7) is 7.32. The maximum atomic E-state index is 12.5. The van der Waals surface area contributed by atoms with Crippen LogP contribution in [0.15, 0.2) is 36.5 Å². The third-order valence-corrected chi connectivity index (χ3v) is 6.87. The van der Waals surface area contributed by atoms with Crippen LogP contribution in [0, 0.1) is 6.92 Å². The van der Waals surface area contributed by atoms with E-state index in [1.54, 1.807) is 0 Å². The molecule has 1 amide bonds. The Hall–Kier alpha value is -2.34. The Labute approximate surface area is 192 Å². The number of aromatic nitrogens is 2. The van der Waals surface area contributed by atoms with Crippen LogP contribution in [0.2, 0.25) is 0 Å². The van der Waals surface area contributed by atoms with E-state index in [2.05, 4.69) is 47.5 Å². The van der Waals surface area contributed by atoms with Gasteiger partial charge in [0.25, 0.3) is 0 Å². The molecule has 2 atom stereocenters. The van der Waals surface area contributed by atoms with Gasteiger partial charge in [0.05, 0.1) is 32.1 Å². The predicted octanol–water partition coefficient (Wildman–Crippen LogP) is 5.80. The largest absolute Gasteiger partial charge is 0.453 e. The smallest absolute Gasteiger partial charge is 0.409 e. The van der Waals surface area contributed by atoms with E-state index < -0.39 is 0 Å². The van der Waals surface area contributed by atoms with E-state index in [1.807, 2.05) is 24.9 Å². The number of carbonyl (C=O) groups is 1. The number of aryl methyl sites for hydroxylation is 1. The lowest BCUT2D eigenvalue weighted by atomic mass is 9.82. The van der Waals surface area contributed by atoms with E-state index in [4.69, 9.17) is 9.47 Å². The first-order chi connectivity index (χ1) is 15.7. The van der Waals surface area contributed by atoms with Crippen molar-refractivity contribution in [1.29, 1.82) is 0 Å². The average Bonchev–Trinajstić information content (AvgIpc) is 3.29. The van der Waals surface area contributed by atoms with Crippen LogP contribution in [0.3, 0.4) is 0 Å². The van der Waals surface area contributed by atoms with E-state index in [9.17, 15) is 4.79 Å². The first kappa shape index (κ1) is 24.3. The molecule has 1 aromatic carbocycles. The van der Waals surface area contributed by atoms with E-state index in [0.29, 0.717) is 19.1 Å². The summed E-state index contributed by atoms with van der Waals surface area (Å²) in [5.74, 6) is 0.827. The van der Waals surface area contributed by atoms with Crippen molar-refractivity contribution in [3.63, 3.8) is 0 Å². The van der Waals surface area contributed by atoms with Gasteiger partial charge in [0.1, 0.15) is 0 Å². The molecule has 6 heteroatoms. The third-order valence-electron chi connectivity index (χ3n) is 6.87. The number of ether oxygens (including phenoxy) is 2. The standard InChI is InChI=1S/C24H33N3O3.C2H6/c1-17-15-25-26-23(17)21-9-6-14-27(24(28)29-2)22(21)16-30-20-12-10-19(11-13-20)18-7-4-3-5-8-18;1-2/h3-5,7-8,15,19-22H,6,9-14,16H2,1-2H3,(H,25,26);1-2H3. The molecular weight excluding hydrogens is 402 g/mol. The Bertz CT molecular complexity index is 815. The summed E-state index contributed by atoms with van der Waals surface area (Å²) >= 11 is 0. The summed E-state index contributed by atoms with van der Waals surface area (Å²) in [5, 5.41) is 7.37. The number of hydrogen-bond donors (Lipinski definition) is 1. The Morgan fingerprint density at radius 1 is 1.12 bits per heavy atom. The Morgan fingerprint density at radius 3 is 2.47 bits per heavy atom. The minimum absolute atomic E-state index is 0.0304. The molecule has 1 saturated heterocycles. The first-order valence-corrected chi connectivity index (χ1v) is 12.2. The van der Waals surface area contributed by atoms with Crippen molar-refractivity contribution in [2.45, 2.75) is 83.3 Å². The zero-order valence-corrected chi connectivity index (χ0v) is 20.0. The number of rotatable bonds is 5. The third kappa shape index (κ3) is 5.71. The van der Waals surface area contributed by atoms with Crippen molar-refractivity contribution in [1.82, 2.24) is 15.1 Å². The van der Waals surface area contributed by atoms with Gasteiger partial charge in [-0.05, 0) is 62.5 Å². The number of amides is 1. The van der Waals surface area contributed by atoms with E-state index >= 15 is 0 Å². The van der Waals surface area contributed by atoms with Gasteiger partial charge in [-0.25, -0.2) is 4.79 Å². The molecule has 2 unspecified atom stereocenters. The molecular formula is C26H39N3O3. The monoisotopic (exact) mass is 441 g/mol. The lowest BCUT2D eigenvalue weighted by molar-refractivity contribution is -0.0242. The summed E-state index contributed by atoms with van der Waals surface area (Å²) in [6.07, 6.45) is 8.27. The maximum Gasteiger partial charge on any atom is 0.409 e. The quantitative estimate of drug-likeness (QED) is 0.636. The zero-order valence-electron chi connectivity index (χ0n) is 20.0. The molecule has 1 aliphatic heterocycles. The second-order valence-corrected chi connectivity index (χ2v) is 8.66. The van der Waals surface area contributed by atoms with Crippen molar-refractivity contribution in [3.8, 4) is 0 Å². The topological polar surface area (TPSA) is 67.5 Å². The van der Waals surface area contributed by atoms with E-state index in [-0.39, 0.29) is 24.2 Å². The molecule has 2 heterocycles. The summed E-state index contributed by atoms with van der Waals surface area (Å²) < 4.78 is 11.5. The van der Waals surface area contributed by atoms with Crippen LogP contribution in [0.5, 0.6) is 0 Å². The summed E-state index contributed by atoms with van der Waals surface area (Å²) in [7, 11) is 1.45. The molecule has 1 saturated carbocycles. The molecule has 1 N–H and O–H groups in total. The number of piperidine rings is 1. The molecule has 1 aliphatic carbocycles. The normalized spacial score (nSPS) is 25.6. The van der Waals surface area contributed by atoms with Gasteiger partial charge in [0, 0.05) is 18.2 Å². The van der Waals surface area contributed by atoms with Gasteiger partial charge in [-0.2, -0.15) is 5.10 Å². The molecule has 0 bridgehead atoms. The van der Waals surface area contributed by atoms with Crippen molar-refractivity contribution >= 4 is 6.09 Å². The Balaban J connectivity index is 0.00000141. The van der Waals surface area contributed by atoms with Gasteiger partial charge in [-0.1, -0.05) is 44.2 Å². The number of benzene rings is 1. The minimum atomic E-state index is -0.266. The van der Waals surface area contributed by atoms with Gasteiger partial charge in [0.15, 0.2) is 0 Å². The minimum Gasteiger partial charge on any atom is -0.453 e. The SMILES string of the molecule is CC.COC(=O)N1CCCC(c2[nH]ncc2C)C1COC1CCC(c2ccccc2)CC1. The van der Waals surface area contributed by atoms with Gasteiger partial charge in [-0.3, -0.25) is 5.10 Å². The van der Waals surface area contributed by atoms with Crippen molar-refractivity contribution in [3.05, 3.63) is 53.3 Å². The highest BCUT2D eigenvalue weighted by atomic mass is 16.5. The highest BCUT2D eigenvalue weighted by Gasteiger charge is 2.38. The average molecular weight is 442 g/mol. The van der Waals surface area contributed by atoms with Gasteiger partial charge in [-0.15, -0.1) is 0 Å². The van der Waals surface area contributed by atoms with Crippen LogP contribution >= 0.6 is 0 Å². The first-order valence-electron chi connectivity index (χ1n) is 12.2. The Morgan fingerprint density at radius 2 is 1.84 bits per heavy atom. The van der Waals surface area contributed by atoms with Crippen molar-refractivity contribution in [2.24, 2.45) is 0 Å². The number of likely N-dealkylation sites (tertiary alicyclic amines) is 1. The second-order valence-electron chi connectivity index (χ2n) is 8.66. The van der Waals surface area contributed by atoms with Crippen LogP contribution in [-0.2, 0) is 9.47 Å². The summed E-state index contributed by atoms with van der Waals surface area (Å²) in [6, 6.07) is 10.8. The lowest BCUT2D eigenvalue weighted by Gasteiger charge is -2.41. The summed E-state index contributed by atoms with van der Waals surface area (Å²) in [4.78, 5) is 14.3. The molecule has 0 spiro atoms. The molecule has 1 aromatic heterocycles. The molecule has 32 heavy (non-hydrogen) atoms. The number of H-pyrrole nitrogens is 1. The van der Waals surface area contributed by atoms with Gasteiger partial charge in [0.2, 0.25) is 0 Å². The van der Waals surface area contributed by atoms with Crippen LogP contribution < -0.4 is 0 Å². The number of nitrogens with one attached hydrogen (secondary N) is 1. The number of nitrogens with zero attached hydrogens (tertiary/aromatic N) is 2. The fraction of sp³-hybridized carbons (Fsp3) is 0.615. The van der Waals surface area contributed by atoms with Crippen LogP contribution in [-0.4, -0.2) is 53.6 Å². The predicted molar refractivity (Wildman–Crippen MR) is 127 cm³/mol. The summed E-state index contributed by atoms with van der Waals surface area (Å²) in [5.41, 5.74) is 3.69. The number of aromatic amines is 1. The maximum absolute atomic E-state index is 12.5. The molecule has 4 rings (SSSR count). The number of carbonyl (C=O) groups excluding carboxylic acids is 1. The number of methoxy groups -OCH3 is 1. The van der Waals surface area contributed by atoms with Gasteiger partial charge < -0.3 is 14.4 Å². The second kappa shape index (κ2) is 12.0. The van der Waals surface area contributed by atoms with Crippen LogP contribution in [0.25, 0.3) is 0 Å². The molecule has 0 radical (unpaired) electrons. The molecule has 2 fully saturated rings. The van der Waals surface area contributed by atoms with E-state index in [1.165, 1.54) is 12.7 Å². The van der Waals surface area contributed by atoms with Crippen molar-refractivity contribution in [2.75, 3.05) is 20.3 Å². The molecule has 2 aromatic rings. The molecule has 176 valence electrons. The Kier molecular flexibility index (Phi) is 9.15. The molecule has 6 nitrogen and oxygen atoms in total. The zero-order chi connectivity index (χ0) is 22.9. The highest BCUT2D eigenvalue weighted by molar-refractivity contribution is 5.68. The van der Waals surface area contributed by atoms with E-state index in [0.717, 1.165) is 49.8 Å². The lowest BCUT2D eigenvalue weighted by Crippen LogP contribution is -2.50. The van der Waals surface area contributed by atoms with Crippen molar-refractivity contribution < 1.29 is 14.3 Å².